The van der Waals surface area contributed by atoms with Crippen LogP contribution in [0.25, 0.3) is 0 Å². The lowest BCUT2D eigenvalue weighted by atomic mass is 9.81. The molecule has 0 saturated heterocycles. The molecule has 3 rings (SSSR count). The number of hydrogen-bond acceptors (Lipinski definition) is 7. The van der Waals surface area contributed by atoms with Crippen molar-refractivity contribution in [2.24, 2.45) is 5.73 Å². The zero-order chi connectivity index (χ0) is 20.4. The first-order valence-electron chi connectivity index (χ1n) is 8.63. The third-order valence-electron chi connectivity index (χ3n) is 4.70. The second-order valence-electron chi connectivity index (χ2n) is 6.37. The van der Waals surface area contributed by atoms with E-state index in [1.165, 1.54) is 29.9 Å². The van der Waals surface area contributed by atoms with Gasteiger partial charge in [0.1, 0.15) is 0 Å². The number of nitro benzene ring substituents is 1. The first-order valence-corrected chi connectivity index (χ1v) is 8.63. The molecular weight excluding hydrogens is 364 g/mol. The number of carbonyl (C=O) groups excluding carboxylic acids is 1. The number of nitro groups is 1. The topological polar surface area (TPSA) is 129 Å². The summed E-state index contributed by atoms with van der Waals surface area (Å²) in [4.78, 5) is 36.4. The molecule has 146 valence electrons. The van der Waals surface area contributed by atoms with E-state index in [1.807, 2.05) is 0 Å². The molecule has 0 bridgehead atoms. The monoisotopic (exact) mass is 384 g/mol. The predicted octanol–water partition coefficient (Wildman–Crippen LogP) is 1.72. The van der Waals surface area contributed by atoms with Crippen molar-refractivity contribution in [2.45, 2.75) is 19.4 Å². The van der Waals surface area contributed by atoms with Crippen molar-refractivity contribution in [2.75, 3.05) is 19.0 Å². The fraction of sp³-hybridized carbons (Fsp3) is 0.263. The number of anilines is 1. The number of esters is 1. The summed E-state index contributed by atoms with van der Waals surface area (Å²) in [5.74, 6) is -1.41. The Labute approximate surface area is 160 Å². The molecule has 0 radical (unpaired) electrons. The molecule has 0 aliphatic carbocycles. The molecule has 1 unspecified atom stereocenters. The van der Waals surface area contributed by atoms with Gasteiger partial charge >= 0.3 is 5.97 Å². The van der Waals surface area contributed by atoms with Crippen LogP contribution in [0.15, 0.2) is 52.6 Å². The molecule has 1 aliphatic rings. The standard InChI is InChI=1S/C19H20N4O5/c1-11-15(19(25)28-2)16(12-4-3-5-13(10-12)23(26)27)17-14(21-11)6-8-22(9-7-20)18(17)24/h3-6,8,10,16,21H,7,9,20H2,1-2H3. The van der Waals surface area contributed by atoms with E-state index < -0.39 is 16.8 Å². The highest BCUT2D eigenvalue weighted by Crippen LogP contribution is 2.41. The van der Waals surface area contributed by atoms with E-state index in [1.54, 1.807) is 25.3 Å². The van der Waals surface area contributed by atoms with Crippen LogP contribution in [0.1, 0.15) is 24.0 Å². The lowest BCUT2D eigenvalue weighted by Crippen LogP contribution is -2.34. The van der Waals surface area contributed by atoms with Gasteiger partial charge < -0.3 is 20.4 Å². The second kappa shape index (κ2) is 7.65. The normalized spacial score (nSPS) is 15.6. The molecule has 9 heteroatoms. The molecule has 1 aliphatic heterocycles. The van der Waals surface area contributed by atoms with Crippen molar-refractivity contribution in [3.05, 3.63) is 79.4 Å². The van der Waals surface area contributed by atoms with Gasteiger partial charge in [-0.1, -0.05) is 12.1 Å². The summed E-state index contributed by atoms with van der Waals surface area (Å²) < 4.78 is 6.38. The van der Waals surface area contributed by atoms with Crippen molar-refractivity contribution >= 4 is 17.3 Å². The molecule has 1 atom stereocenters. The van der Waals surface area contributed by atoms with Crippen LogP contribution in [0.5, 0.6) is 0 Å². The number of benzene rings is 1. The Kier molecular flexibility index (Phi) is 5.27. The zero-order valence-electron chi connectivity index (χ0n) is 15.5. The molecular formula is C19H20N4O5. The Morgan fingerprint density at radius 3 is 2.79 bits per heavy atom. The highest BCUT2D eigenvalue weighted by molar-refractivity contribution is 5.94. The fourth-order valence-corrected chi connectivity index (χ4v) is 3.46. The molecule has 0 amide bonds. The smallest absolute Gasteiger partial charge is 0.336 e. The molecule has 0 fully saturated rings. The van der Waals surface area contributed by atoms with Gasteiger partial charge in [0.2, 0.25) is 0 Å². The predicted molar refractivity (Wildman–Crippen MR) is 103 cm³/mol. The summed E-state index contributed by atoms with van der Waals surface area (Å²) in [5.41, 5.74) is 7.22. The van der Waals surface area contributed by atoms with Gasteiger partial charge in [0.25, 0.3) is 11.2 Å². The van der Waals surface area contributed by atoms with E-state index in [4.69, 9.17) is 10.5 Å². The molecule has 9 nitrogen and oxygen atoms in total. The van der Waals surface area contributed by atoms with Crippen molar-refractivity contribution in [1.29, 1.82) is 0 Å². The second-order valence-corrected chi connectivity index (χ2v) is 6.37. The van der Waals surface area contributed by atoms with E-state index in [9.17, 15) is 19.7 Å². The van der Waals surface area contributed by atoms with E-state index in [0.29, 0.717) is 29.1 Å². The average molecular weight is 384 g/mol. The highest BCUT2D eigenvalue weighted by atomic mass is 16.6. The molecule has 28 heavy (non-hydrogen) atoms. The SMILES string of the molecule is COC(=O)C1=C(C)Nc2ccn(CCN)c(=O)c2C1c1cccc([N+](=O)[O-])c1. The van der Waals surface area contributed by atoms with Crippen LogP contribution >= 0.6 is 0 Å². The molecule has 2 heterocycles. The molecule has 3 N–H and O–H groups in total. The van der Waals surface area contributed by atoms with Crippen LogP contribution in [-0.4, -0.2) is 29.1 Å². The number of fused-ring (bicyclic) bond motifs is 1. The lowest BCUT2D eigenvalue weighted by molar-refractivity contribution is -0.384. The number of nitrogens with two attached hydrogens (primary N) is 1. The van der Waals surface area contributed by atoms with E-state index in [0.717, 1.165) is 0 Å². The lowest BCUT2D eigenvalue weighted by Gasteiger charge is -2.29. The number of nitrogens with zero attached hydrogens (tertiary/aromatic N) is 2. The van der Waals surface area contributed by atoms with E-state index in [-0.39, 0.29) is 23.4 Å². The Morgan fingerprint density at radius 1 is 1.39 bits per heavy atom. The van der Waals surface area contributed by atoms with Crippen molar-refractivity contribution in [3.8, 4) is 0 Å². The summed E-state index contributed by atoms with van der Waals surface area (Å²) in [7, 11) is 1.25. The summed E-state index contributed by atoms with van der Waals surface area (Å²) in [6.07, 6.45) is 1.63. The largest absolute Gasteiger partial charge is 0.466 e. The number of carbonyl (C=O) groups is 1. The highest BCUT2D eigenvalue weighted by Gasteiger charge is 2.36. The van der Waals surface area contributed by atoms with E-state index in [2.05, 4.69) is 5.32 Å². The molecule has 0 spiro atoms. The van der Waals surface area contributed by atoms with Crippen molar-refractivity contribution in [3.63, 3.8) is 0 Å². The van der Waals surface area contributed by atoms with Crippen molar-refractivity contribution in [1.82, 2.24) is 4.57 Å². The van der Waals surface area contributed by atoms with Crippen LogP contribution < -0.4 is 16.6 Å². The van der Waals surface area contributed by atoms with Gasteiger partial charge in [0.05, 0.1) is 29.1 Å². The molecule has 1 aromatic carbocycles. The van der Waals surface area contributed by atoms with Gasteiger partial charge in [0.15, 0.2) is 0 Å². The number of non-ortho nitro benzene ring substituents is 1. The minimum Gasteiger partial charge on any atom is -0.466 e. The maximum absolute atomic E-state index is 13.1. The summed E-state index contributed by atoms with van der Waals surface area (Å²) in [5, 5.41) is 14.3. The van der Waals surface area contributed by atoms with Crippen LogP contribution in [0.3, 0.4) is 0 Å². The quantitative estimate of drug-likeness (QED) is 0.456. The van der Waals surface area contributed by atoms with Crippen LogP contribution in [0, 0.1) is 10.1 Å². The molecule has 2 aromatic rings. The number of hydrogen-bond donors (Lipinski definition) is 2. The third-order valence-corrected chi connectivity index (χ3v) is 4.70. The van der Waals surface area contributed by atoms with Gasteiger partial charge in [0, 0.05) is 42.8 Å². The van der Waals surface area contributed by atoms with Crippen LogP contribution in [-0.2, 0) is 16.1 Å². The van der Waals surface area contributed by atoms with Gasteiger partial charge in [-0.25, -0.2) is 4.79 Å². The maximum atomic E-state index is 13.1. The number of rotatable bonds is 5. The zero-order valence-corrected chi connectivity index (χ0v) is 15.5. The number of ether oxygens (including phenoxy) is 1. The Bertz CT molecular complexity index is 1040. The first-order chi connectivity index (χ1) is 13.4. The van der Waals surface area contributed by atoms with Gasteiger partial charge in [-0.05, 0) is 18.6 Å². The Morgan fingerprint density at radius 2 is 2.14 bits per heavy atom. The number of pyridine rings is 1. The van der Waals surface area contributed by atoms with Crippen LogP contribution in [0.4, 0.5) is 11.4 Å². The number of aromatic nitrogens is 1. The third kappa shape index (κ3) is 3.27. The molecule has 1 aromatic heterocycles. The van der Waals surface area contributed by atoms with Gasteiger partial charge in [-0.3, -0.25) is 14.9 Å². The molecule has 0 saturated carbocycles. The fourth-order valence-electron chi connectivity index (χ4n) is 3.46. The van der Waals surface area contributed by atoms with E-state index >= 15 is 0 Å². The minimum atomic E-state index is -0.804. The van der Waals surface area contributed by atoms with Crippen molar-refractivity contribution < 1.29 is 14.5 Å². The number of nitrogens with one attached hydrogen (secondary N) is 1. The Hall–Kier alpha value is -3.46. The van der Waals surface area contributed by atoms with Crippen LogP contribution in [0.2, 0.25) is 0 Å². The Balaban J connectivity index is 2.31. The maximum Gasteiger partial charge on any atom is 0.336 e. The average Bonchev–Trinajstić information content (AvgIpc) is 2.68. The number of allylic oxidation sites excluding steroid dienone is 1. The van der Waals surface area contributed by atoms with Gasteiger partial charge in [-0.2, -0.15) is 0 Å². The summed E-state index contributed by atoms with van der Waals surface area (Å²) >= 11 is 0. The summed E-state index contributed by atoms with van der Waals surface area (Å²) in [6.45, 7) is 2.28. The number of methoxy groups -OCH3 is 1. The minimum absolute atomic E-state index is 0.127. The first kappa shape index (κ1) is 19.3. The van der Waals surface area contributed by atoms with Gasteiger partial charge in [-0.15, -0.1) is 0 Å². The summed E-state index contributed by atoms with van der Waals surface area (Å²) in [6, 6.07) is 7.64.